The number of hydrogen-bond donors (Lipinski definition) is 1. The van der Waals surface area contributed by atoms with Gasteiger partial charge in [0.2, 0.25) is 0 Å². The van der Waals surface area contributed by atoms with Gasteiger partial charge in [0.15, 0.2) is 0 Å². The maximum atomic E-state index is 5.58. The fraction of sp³-hybridized carbons (Fsp3) is 0.368. The van der Waals surface area contributed by atoms with Crippen molar-refractivity contribution < 1.29 is 4.74 Å². The number of hydrogen-bond acceptors (Lipinski definition) is 2. The zero-order valence-electron chi connectivity index (χ0n) is 12.6. The maximum Gasteiger partial charge on any atom is 0.0604 e. The van der Waals surface area contributed by atoms with Crippen molar-refractivity contribution in [3.8, 4) is 11.1 Å². The average Bonchev–Trinajstić information content (AvgIpc) is 2.51. The SMILES string of the molecule is CCOC1CC(NCc2ccc(-c3ccccc3)cc2)C1. The second-order valence-corrected chi connectivity index (χ2v) is 5.69. The van der Waals surface area contributed by atoms with Crippen molar-refractivity contribution in [3.63, 3.8) is 0 Å². The lowest BCUT2D eigenvalue weighted by atomic mass is 9.89. The Labute approximate surface area is 127 Å². The first kappa shape index (κ1) is 14.3. The molecule has 0 aliphatic heterocycles. The van der Waals surface area contributed by atoms with E-state index in [1.54, 1.807) is 0 Å². The molecule has 1 saturated carbocycles. The predicted molar refractivity (Wildman–Crippen MR) is 87.2 cm³/mol. The fourth-order valence-corrected chi connectivity index (χ4v) is 2.81. The highest BCUT2D eigenvalue weighted by atomic mass is 16.5. The van der Waals surface area contributed by atoms with Crippen LogP contribution in [0, 0.1) is 0 Å². The molecule has 1 aliphatic carbocycles. The van der Waals surface area contributed by atoms with Gasteiger partial charge in [0.25, 0.3) is 0 Å². The van der Waals surface area contributed by atoms with Gasteiger partial charge in [0, 0.05) is 19.2 Å². The van der Waals surface area contributed by atoms with E-state index in [0.29, 0.717) is 12.1 Å². The Balaban J connectivity index is 1.49. The summed E-state index contributed by atoms with van der Waals surface area (Å²) in [6.07, 6.45) is 2.78. The van der Waals surface area contributed by atoms with Crippen LogP contribution >= 0.6 is 0 Å². The molecule has 0 amide bonds. The second-order valence-electron chi connectivity index (χ2n) is 5.69. The summed E-state index contributed by atoms with van der Waals surface area (Å²) in [7, 11) is 0. The molecule has 0 bridgehead atoms. The lowest BCUT2D eigenvalue weighted by Crippen LogP contribution is -2.45. The van der Waals surface area contributed by atoms with Crippen LogP contribution in [0.15, 0.2) is 54.6 Å². The first-order chi connectivity index (χ1) is 10.3. The van der Waals surface area contributed by atoms with Crippen molar-refractivity contribution in [1.29, 1.82) is 0 Å². The molecule has 1 fully saturated rings. The number of rotatable bonds is 6. The van der Waals surface area contributed by atoms with Gasteiger partial charge in [-0.2, -0.15) is 0 Å². The van der Waals surface area contributed by atoms with Gasteiger partial charge >= 0.3 is 0 Å². The van der Waals surface area contributed by atoms with Crippen molar-refractivity contribution in [2.45, 2.75) is 38.5 Å². The summed E-state index contributed by atoms with van der Waals surface area (Å²) in [6.45, 7) is 3.84. The van der Waals surface area contributed by atoms with E-state index in [2.05, 4.69) is 66.8 Å². The first-order valence-electron chi connectivity index (χ1n) is 7.84. The van der Waals surface area contributed by atoms with Crippen molar-refractivity contribution in [3.05, 3.63) is 60.2 Å². The van der Waals surface area contributed by atoms with E-state index < -0.39 is 0 Å². The van der Waals surface area contributed by atoms with Crippen LogP contribution in [0.5, 0.6) is 0 Å². The van der Waals surface area contributed by atoms with E-state index in [1.165, 1.54) is 16.7 Å². The predicted octanol–water partition coefficient (Wildman–Crippen LogP) is 4.01. The van der Waals surface area contributed by atoms with Crippen LogP contribution in [-0.2, 0) is 11.3 Å². The number of ether oxygens (including phenoxy) is 1. The van der Waals surface area contributed by atoms with Crippen molar-refractivity contribution >= 4 is 0 Å². The molecule has 2 heteroatoms. The number of nitrogens with one attached hydrogen (secondary N) is 1. The van der Waals surface area contributed by atoms with E-state index >= 15 is 0 Å². The van der Waals surface area contributed by atoms with E-state index in [9.17, 15) is 0 Å². The fourth-order valence-electron chi connectivity index (χ4n) is 2.81. The molecular weight excluding hydrogens is 258 g/mol. The Bertz CT molecular complexity index is 544. The highest BCUT2D eigenvalue weighted by Crippen LogP contribution is 2.24. The molecular formula is C19H23NO. The van der Waals surface area contributed by atoms with E-state index in [1.807, 2.05) is 0 Å². The molecule has 110 valence electrons. The van der Waals surface area contributed by atoms with E-state index in [-0.39, 0.29) is 0 Å². The van der Waals surface area contributed by atoms with Crippen LogP contribution in [0.25, 0.3) is 11.1 Å². The summed E-state index contributed by atoms with van der Waals surface area (Å²) < 4.78 is 5.58. The van der Waals surface area contributed by atoms with Crippen molar-refractivity contribution in [1.82, 2.24) is 5.32 Å². The van der Waals surface area contributed by atoms with Gasteiger partial charge < -0.3 is 10.1 Å². The van der Waals surface area contributed by atoms with Gasteiger partial charge in [-0.3, -0.25) is 0 Å². The molecule has 2 aromatic rings. The van der Waals surface area contributed by atoms with Gasteiger partial charge in [0.1, 0.15) is 0 Å². The molecule has 0 heterocycles. The maximum absolute atomic E-state index is 5.58. The van der Waals surface area contributed by atoms with Gasteiger partial charge in [-0.05, 0) is 36.5 Å². The van der Waals surface area contributed by atoms with E-state index in [4.69, 9.17) is 4.74 Å². The monoisotopic (exact) mass is 281 g/mol. The smallest absolute Gasteiger partial charge is 0.0604 e. The molecule has 21 heavy (non-hydrogen) atoms. The Morgan fingerprint density at radius 3 is 2.29 bits per heavy atom. The minimum Gasteiger partial charge on any atom is -0.378 e. The molecule has 2 aromatic carbocycles. The molecule has 2 nitrogen and oxygen atoms in total. The molecule has 1 N–H and O–H groups in total. The van der Waals surface area contributed by atoms with Crippen LogP contribution in [-0.4, -0.2) is 18.8 Å². The third-order valence-corrected chi connectivity index (χ3v) is 4.15. The largest absolute Gasteiger partial charge is 0.378 e. The molecule has 0 aromatic heterocycles. The second kappa shape index (κ2) is 6.88. The van der Waals surface area contributed by atoms with Gasteiger partial charge in [-0.1, -0.05) is 54.6 Å². The zero-order chi connectivity index (χ0) is 14.5. The quantitative estimate of drug-likeness (QED) is 0.863. The highest BCUT2D eigenvalue weighted by Gasteiger charge is 2.28. The van der Waals surface area contributed by atoms with Crippen molar-refractivity contribution in [2.75, 3.05) is 6.61 Å². The Kier molecular flexibility index (Phi) is 4.69. The summed E-state index contributed by atoms with van der Waals surface area (Å²) in [5.74, 6) is 0. The summed E-state index contributed by atoms with van der Waals surface area (Å²) >= 11 is 0. The van der Waals surface area contributed by atoms with Crippen LogP contribution in [0.3, 0.4) is 0 Å². The third-order valence-electron chi connectivity index (χ3n) is 4.15. The Hall–Kier alpha value is -1.64. The van der Waals surface area contributed by atoms with Crippen LogP contribution in [0.1, 0.15) is 25.3 Å². The highest BCUT2D eigenvalue weighted by molar-refractivity contribution is 5.63. The summed E-state index contributed by atoms with van der Waals surface area (Å²) in [4.78, 5) is 0. The summed E-state index contributed by atoms with van der Waals surface area (Å²) in [5, 5.41) is 3.60. The minimum atomic E-state index is 0.480. The summed E-state index contributed by atoms with van der Waals surface area (Å²) in [6, 6.07) is 20.0. The molecule has 0 saturated heterocycles. The lowest BCUT2D eigenvalue weighted by molar-refractivity contribution is -0.0102. The topological polar surface area (TPSA) is 21.3 Å². The average molecular weight is 281 g/mol. The standard InChI is InChI=1S/C19H23NO/c1-2-21-19-12-18(13-19)20-14-15-8-10-17(11-9-15)16-6-4-3-5-7-16/h3-11,18-20H,2,12-14H2,1H3. The molecule has 0 unspecified atom stereocenters. The molecule has 1 aliphatic rings. The van der Waals surface area contributed by atoms with Gasteiger partial charge in [0.05, 0.1) is 6.10 Å². The van der Waals surface area contributed by atoms with Gasteiger partial charge in [-0.25, -0.2) is 0 Å². The third kappa shape index (κ3) is 3.72. The van der Waals surface area contributed by atoms with Crippen molar-refractivity contribution in [2.24, 2.45) is 0 Å². The Morgan fingerprint density at radius 2 is 1.62 bits per heavy atom. The molecule has 3 rings (SSSR count). The molecule has 0 atom stereocenters. The normalized spacial score (nSPS) is 21.0. The Morgan fingerprint density at radius 1 is 0.952 bits per heavy atom. The van der Waals surface area contributed by atoms with Gasteiger partial charge in [-0.15, -0.1) is 0 Å². The van der Waals surface area contributed by atoms with Crippen LogP contribution < -0.4 is 5.32 Å². The number of benzene rings is 2. The van der Waals surface area contributed by atoms with E-state index in [0.717, 1.165) is 26.0 Å². The lowest BCUT2D eigenvalue weighted by Gasteiger charge is -2.35. The molecule has 0 radical (unpaired) electrons. The van der Waals surface area contributed by atoms with Crippen LogP contribution in [0.4, 0.5) is 0 Å². The summed E-state index contributed by atoms with van der Waals surface area (Å²) in [5.41, 5.74) is 3.89. The molecule has 0 spiro atoms. The zero-order valence-corrected chi connectivity index (χ0v) is 12.6. The first-order valence-corrected chi connectivity index (χ1v) is 7.84. The minimum absolute atomic E-state index is 0.480. The van der Waals surface area contributed by atoms with Crippen LogP contribution in [0.2, 0.25) is 0 Å².